The van der Waals surface area contributed by atoms with Crippen LogP contribution in [0.25, 0.3) is 22.8 Å². The van der Waals surface area contributed by atoms with Crippen molar-refractivity contribution in [3.63, 3.8) is 0 Å². The van der Waals surface area contributed by atoms with Crippen LogP contribution >= 0.6 is 0 Å². The molecule has 0 radical (unpaired) electrons. The molecule has 2 heterocycles. The second kappa shape index (κ2) is 8.72. The molecule has 3 aromatic carbocycles. The summed E-state index contributed by atoms with van der Waals surface area (Å²) in [7, 11) is -4.07. The van der Waals surface area contributed by atoms with E-state index in [-0.39, 0.29) is 16.5 Å². The second-order valence-electron chi connectivity index (χ2n) is 8.10. The molecular formula is C26H18F3N3O3S. The van der Waals surface area contributed by atoms with E-state index in [1.165, 1.54) is 0 Å². The number of hydrogen-bond acceptors (Lipinski definition) is 3. The maximum absolute atomic E-state index is 12.7. The molecule has 0 fully saturated rings. The van der Waals surface area contributed by atoms with E-state index in [0.29, 0.717) is 11.3 Å². The topological polar surface area (TPSA) is 91.1 Å². The highest BCUT2D eigenvalue weighted by atomic mass is 32.2. The number of hydrogen-bond donors (Lipinski definition) is 3. The fourth-order valence-electron chi connectivity index (χ4n) is 3.87. The average Bonchev–Trinajstić information content (AvgIpc) is 3.46. The average molecular weight is 510 g/mol. The van der Waals surface area contributed by atoms with Gasteiger partial charge in [-0.2, -0.15) is 13.2 Å². The van der Waals surface area contributed by atoms with Gasteiger partial charge in [-0.1, -0.05) is 24.3 Å². The van der Waals surface area contributed by atoms with E-state index in [0.717, 1.165) is 46.6 Å². The lowest BCUT2D eigenvalue weighted by Crippen LogP contribution is -2.13. The lowest BCUT2D eigenvalue weighted by molar-refractivity contribution is -0.137. The highest BCUT2D eigenvalue weighted by molar-refractivity contribution is 7.92. The molecule has 0 unspecified atom stereocenters. The standard InChI is InChI=1S/C26H18F3N3O3S/c27-26(28,29)18-6-10-21(11-7-18)36(34,35)32-19-8-3-16(4-9-19)17-5-12-22-23(15-20-2-1-13-30-20)25(33)31-24(22)14-17/h1-15,30,32H,(H,31,33)/b23-15-. The van der Waals surface area contributed by atoms with Crippen LogP contribution in [0.5, 0.6) is 0 Å². The van der Waals surface area contributed by atoms with Gasteiger partial charge in [-0.3, -0.25) is 9.52 Å². The van der Waals surface area contributed by atoms with Crippen LogP contribution in [0.2, 0.25) is 0 Å². The molecule has 1 amide bonds. The van der Waals surface area contributed by atoms with Crippen molar-refractivity contribution in [2.24, 2.45) is 0 Å². The molecule has 36 heavy (non-hydrogen) atoms. The van der Waals surface area contributed by atoms with E-state index in [4.69, 9.17) is 0 Å². The van der Waals surface area contributed by atoms with Crippen LogP contribution in [0.15, 0.2) is 90.0 Å². The first-order valence-electron chi connectivity index (χ1n) is 10.7. The van der Waals surface area contributed by atoms with E-state index < -0.39 is 21.8 Å². The third-order valence-electron chi connectivity index (χ3n) is 5.69. The van der Waals surface area contributed by atoms with Gasteiger partial charge in [0.25, 0.3) is 15.9 Å². The molecule has 1 aromatic heterocycles. The van der Waals surface area contributed by atoms with Crippen LogP contribution in [0, 0.1) is 0 Å². The van der Waals surface area contributed by atoms with Gasteiger partial charge in [-0.15, -0.1) is 0 Å². The largest absolute Gasteiger partial charge is 0.416 e. The summed E-state index contributed by atoms with van der Waals surface area (Å²) in [5.41, 5.74) is 3.73. The molecule has 5 rings (SSSR count). The van der Waals surface area contributed by atoms with Crippen molar-refractivity contribution in [2.45, 2.75) is 11.1 Å². The number of halogens is 3. The minimum Gasteiger partial charge on any atom is -0.362 e. The monoisotopic (exact) mass is 509 g/mol. The van der Waals surface area contributed by atoms with Gasteiger partial charge >= 0.3 is 6.18 Å². The van der Waals surface area contributed by atoms with Crippen molar-refractivity contribution in [2.75, 3.05) is 10.0 Å². The van der Waals surface area contributed by atoms with Crippen molar-refractivity contribution in [1.29, 1.82) is 0 Å². The summed E-state index contributed by atoms with van der Waals surface area (Å²) in [4.78, 5) is 15.2. The van der Waals surface area contributed by atoms with Crippen molar-refractivity contribution in [3.8, 4) is 11.1 Å². The quantitative estimate of drug-likeness (QED) is 0.289. The minimum atomic E-state index is -4.55. The molecule has 0 atom stereocenters. The van der Waals surface area contributed by atoms with E-state index in [1.807, 2.05) is 30.3 Å². The number of aromatic amines is 1. The summed E-state index contributed by atoms with van der Waals surface area (Å²) in [6, 6.07) is 19.1. The molecule has 182 valence electrons. The number of fused-ring (bicyclic) bond motifs is 1. The number of rotatable bonds is 5. The third kappa shape index (κ3) is 4.63. The first kappa shape index (κ1) is 23.4. The molecule has 0 saturated heterocycles. The number of nitrogens with one attached hydrogen (secondary N) is 3. The van der Waals surface area contributed by atoms with Crippen LogP contribution in [0.4, 0.5) is 24.5 Å². The van der Waals surface area contributed by atoms with Gasteiger partial charge in [0.1, 0.15) is 0 Å². The lowest BCUT2D eigenvalue weighted by atomic mass is 10.00. The second-order valence-corrected chi connectivity index (χ2v) is 9.79. The molecule has 3 N–H and O–H groups in total. The van der Waals surface area contributed by atoms with E-state index in [1.54, 1.807) is 36.5 Å². The number of carbonyl (C=O) groups is 1. The third-order valence-corrected chi connectivity index (χ3v) is 7.08. The smallest absolute Gasteiger partial charge is 0.362 e. The van der Waals surface area contributed by atoms with Crippen LogP contribution in [0.1, 0.15) is 16.8 Å². The fraction of sp³-hybridized carbons (Fsp3) is 0.0385. The number of alkyl halides is 3. The predicted octanol–water partition coefficient (Wildman–Crippen LogP) is 5.99. The Hall–Kier alpha value is -4.31. The van der Waals surface area contributed by atoms with Crippen LogP contribution < -0.4 is 10.0 Å². The highest BCUT2D eigenvalue weighted by Crippen LogP contribution is 2.36. The Balaban J connectivity index is 1.34. The molecule has 0 bridgehead atoms. The number of sulfonamides is 1. The maximum atomic E-state index is 12.7. The van der Waals surface area contributed by atoms with Gasteiger partial charge in [-0.05, 0) is 71.8 Å². The fourth-order valence-corrected chi connectivity index (χ4v) is 4.93. The van der Waals surface area contributed by atoms with E-state index in [9.17, 15) is 26.4 Å². The zero-order chi connectivity index (χ0) is 25.5. The van der Waals surface area contributed by atoms with Gasteiger partial charge in [0, 0.05) is 28.8 Å². The van der Waals surface area contributed by atoms with Crippen molar-refractivity contribution in [3.05, 3.63) is 102 Å². The van der Waals surface area contributed by atoms with Crippen LogP contribution in [0.3, 0.4) is 0 Å². The Labute approximate surface area is 204 Å². The van der Waals surface area contributed by atoms with Crippen molar-refractivity contribution >= 4 is 39.0 Å². The molecule has 10 heteroatoms. The van der Waals surface area contributed by atoms with E-state index in [2.05, 4.69) is 15.0 Å². The Morgan fingerprint density at radius 1 is 0.861 bits per heavy atom. The summed E-state index contributed by atoms with van der Waals surface area (Å²) in [5, 5.41) is 2.86. The number of benzene rings is 3. The lowest BCUT2D eigenvalue weighted by Gasteiger charge is -2.11. The Morgan fingerprint density at radius 2 is 1.56 bits per heavy atom. The number of amides is 1. The number of H-pyrrole nitrogens is 1. The molecule has 0 saturated carbocycles. The SMILES string of the molecule is O=C1Nc2cc(-c3ccc(NS(=O)(=O)c4ccc(C(F)(F)F)cc4)cc3)ccc2/C1=C/c1ccc[nH]1. The molecular weight excluding hydrogens is 491 g/mol. The summed E-state index contributed by atoms with van der Waals surface area (Å²) in [6.45, 7) is 0. The van der Waals surface area contributed by atoms with Crippen molar-refractivity contribution in [1.82, 2.24) is 4.98 Å². The first-order chi connectivity index (χ1) is 17.1. The molecule has 4 aromatic rings. The Bertz CT molecular complexity index is 1570. The van der Waals surface area contributed by atoms with Gasteiger partial charge in [0.2, 0.25) is 0 Å². The normalized spacial score (nSPS) is 14.5. The van der Waals surface area contributed by atoms with Gasteiger partial charge in [-0.25, -0.2) is 8.42 Å². The van der Waals surface area contributed by atoms with Crippen LogP contribution in [-0.2, 0) is 21.0 Å². The molecule has 1 aliphatic heterocycles. The predicted molar refractivity (Wildman–Crippen MR) is 131 cm³/mol. The van der Waals surface area contributed by atoms with E-state index >= 15 is 0 Å². The van der Waals surface area contributed by atoms with Crippen molar-refractivity contribution < 1.29 is 26.4 Å². The summed E-state index contributed by atoms with van der Waals surface area (Å²) >= 11 is 0. The number of aromatic nitrogens is 1. The van der Waals surface area contributed by atoms with Crippen LogP contribution in [-0.4, -0.2) is 19.3 Å². The van der Waals surface area contributed by atoms with Gasteiger partial charge < -0.3 is 10.3 Å². The maximum Gasteiger partial charge on any atom is 0.416 e. The molecule has 6 nitrogen and oxygen atoms in total. The Kier molecular flexibility index (Phi) is 5.68. The Morgan fingerprint density at radius 3 is 2.19 bits per heavy atom. The molecule has 1 aliphatic rings. The number of carbonyl (C=O) groups excluding carboxylic acids is 1. The van der Waals surface area contributed by atoms with Gasteiger partial charge in [0.05, 0.1) is 16.0 Å². The number of anilines is 2. The summed E-state index contributed by atoms with van der Waals surface area (Å²) in [5.74, 6) is -0.204. The summed E-state index contributed by atoms with van der Waals surface area (Å²) in [6.07, 6.45) is -0.999. The minimum absolute atomic E-state index is 0.204. The zero-order valence-corrected chi connectivity index (χ0v) is 19.2. The molecule has 0 aliphatic carbocycles. The summed E-state index contributed by atoms with van der Waals surface area (Å²) < 4.78 is 65.7. The first-order valence-corrected chi connectivity index (χ1v) is 12.2. The zero-order valence-electron chi connectivity index (χ0n) is 18.4. The van der Waals surface area contributed by atoms with Gasteiger partial charge in [0.15, 0.2) is 0 Å². The highest BCUT2D eigenvalue weighted by Gasteiger charge is 2.30. The molecule has 0 spiro atoms.